The molecule has 21 heavy (non-hydrogen) atoms. The van der Waals surface area contributed by atoms with Gasteiger partial charge in [0.1, 0.15) is 0 Å². The van der Waals surface area contributed by atoms with E-state index in [1.54, 1.807) is 11.9 Å². The molecule has 0 aliphatic carbocycles. The average Bonchev–Trinajstić information content (AvgIpc) is 2.51. The predicted octanol–water partition coefficient (Wildman–Crippen LogP) is 0.223. The average molecular weight is 315 g/mol. The Labute approximate surface area is 128 Å². The number of nitrogens with zero attached hydrogens (tertiary/aromatic N) is 3. The number of aromatic nitrogens is 2. The molecular weight excluding hydrogens is 296 g/mol. The molecule has 1 unspecified atom stereocenters. The number of hydrogen-bond acceptors (Lipinski definition) is 5. The topological polar surface area (TPSA) is 95.4 Å². The van der Waals surface area contributed by atoms with Crippen molar-refractivity contribution >= 4 is 23.4 Å². The number of piperidine rings is 1. The number of rotatable bonds is 3. The minimum Gasteiger partial charge on any atom is -0.400 e. The number of aliphatic hydroxyl groups excluding tert-OH is 1. The molecule has 1 atom stereocenters. The zero-order chi connectivity index (χ0) is 15.8. The van der Waals surface area contributed by atoms with E-state index < -0.39 is 0 Å². The fraction of sp³-hybridized carbons (Fsp3) is 0.538. The number of hydrogen-bond donors (Lipinski definition) is 2. The van der Waals surface area contributed by atoms with Gasteiger partial charge in [-0.25, -0.2) is 4.98 Å². The summed E-state index contributed by atoms with van der Waals surface area (Å²) in [5, 5.41) is 10.0. The highest BCUT2D eigenvalue weighted by molar-refractivity contribution is 6.29. The summed E-state index contributed by atoms with van der Waals surface area (Å²) < 4.78 is 0. The largest absolute Gasteiger partial charge is 0.400 e. The summed E-state index contributed by atoms with van der Waals surface area (Å²) in [6.07, 6.45) is 3.95. The summed E-state index contributed by atoms with van der Waals surface area (Å²) in [6.45, 7) is 0.842. The highest BCUT2D eigenvalue weighted by Gasteiger charge is 2.28. The molecular formula is C13H19ClN4O3. The van der Waals surface area contributed by atoms with Crippen LogP contribution >= 0.6 is 11.6 Å². The molecule has 1 aliphatic rings. The van der Waals surface area contributed by atoms with Gasteiger partial charge in [0.2, 0.25) is 11.8 Å². The SMILES string of the molecule is CN1CCC(C(=O)NCc2nccnc2Cl)CC1=O.CO. The smallest absolute Gasteiger partial charge is 0.224 e. The zero-order valence-electron chi connectivity index (χ0n) is 12.0. The van der Waals surface area contributed by atoms with E-state index in [0.29, 0.717) is 18.7 Å². The number of amides is 2. The molecule has 0 saturated carbocycles. The first-order chi connectivity index (χ1) is 10.1. The van der Waals surface area contributed by atoms with Gasteiger partial charge in [0.05, 0.1) is 12.2 Å². The third-order valence-electron chi connectivity index (χ3n) is 3.18. The van der Waals surface area contributed by atoms with Gasteiger partial charge in [0, 0.05) is 45.4 Å². The zero-order valence-corrected chi connectivity index (χ0v) is 12.8. The van der Waals surface area contributed by atoms with Gasteiger partial charge in [-0.1, -0.05) is 11.6 Å². The molecule has 8 heteroatoms. The Bertz CT molecular complexity index is 498. The number of nitrogens with one attached hydrogen (secondary N) is 1. The standard InChI is InChI=1S/C12H15ClN4O2.CH4O/c1-17-5-2-8(6-10(17)18)12(19)16-7-9-11(13)15-4-3-14-9;1-2/h3-4,8H,2,5-7H2,1H3,(H,16,19);2H,1H3. The second-order valence-electron chi connectivity index (χ2n) is 4.52. The van der Waals surface area contributed by atoms with Crippen molar-refractivity contribution < 1.29 is 14.7 Å². The van der Waals surface area contributed by atoms with Crippen molar-refractivity contribution in [2.45, 2.75) is 19.4 Å². The maximum atomic E-state index is 12.0. The van der Waals surface area contributed by atoms with E-state index in [1.807, 2.05) is 0 Å². The minimum absolute atomic E-state index is 0.00364. The number of carbonyl (C=O) groups excluding carboxylic acids is 2. The lowest BCUT2D eigenvalue weighted by molar-refractivity contribution is -0.139. The van der Waals surface area contributed by atoms with Crippen molar-refractivity contribution in [2.24, 2.45) is 5.92 Å². The van der Waals surface area contributed by atoms with Gasteiger partial charge in [0.15, 0.2) is 5.15 Å². The molecule has 1 fully saturated rings. The molecule has 1 saturated heterocycles. The normalized spacial score (nSPS) is 17.8. The van der Waals surface area contributed by atoms with Gasteiger partial charge in [-0.05, 0) is 6.42 Å². The Morgan fingerprint density at radius 2 is 2.14 bits per heavy atom. The second kappa shape index (κ2) is 8.53. The lowest BCUT2D eigenvalue weighted by Crippen LogP contribution is -2.41. The molecule has 1 aliphatic heterocycles. The van der Waals surface area contributed by atoms with Crippen molar-refractivity contribution in [1.29, 1.82) is 0 Å². The first-order valence-electron chi connectivity index (χ1n) is 6.49. The monoisotopic (exact) mass is 314 g/mol. The third kappa shape index (κ3) is 4.95. The van der Waals surface area contributed by atoms with Gasteiger partial charge in [-0.2, -0.15) is 0 Å². The second-order valence-corrected chi connectivity index (χ2v) is 4.87. The van der Waals surface area contributed by atoms with E-state index in [2.05, 4.69) is 15.3 Å². The quantitative estimate of drug-likeness (QED) is 0.832. The van der Waals surface area contributed by atoms with Crippen LogP contribution in [0.25, 0.3) is 0 Å². The summed E-state index contributed by atoms with van der Waals surface area (Å²) in [4.78, 5) is 33.1. The minimum atomic E-state index is -0.265. The molecule has 2 heterocycles. The van der Waals surface area contributed by atoms with Crippen molar-refractivity contribution in [3.05, 3.63) is 23.2 Å². The van der Waals surface area contributed by atoms with Crippen molar-refractivity contribution in [2.75, 3.05) is 20.7 Å². The Morgan fingerprint density at radius 3 is 2.76 bits per heavy atom. The van der Waals surface area contributed by atoms with Crippen LogP contribution in [-0.2, 0) is 16.1 Å². The van der Waals surface area contributed by atoms with Crippen LogP contribution in [0, 0.1) is 5.92 Å². The molecule has 0 radical (unpaired) electrons. The summed E-state index contributed by atoms with van der Waals surface area (Å²) in [6, 6.07) is 0. The van der Waals surface area contributed by atoms with Crippen molar-refractivity contribution in [3.8, 4) is 0 Å². The maximum absolute atomic E-state index is 12.0. The number of aliphatic hydroxyl groups is 1. The van der Waals surface area contributed by atoms with Crippen LogP contribution < -0.4 is 5.32 Å². The van der Waals surface area contributed by atoms with Crippen LogP contribution in [0.4, 0.5) is 0 Å². The van der Waals surface area contributed by atoms with Crippen LogP contribution in [0.3, 0.4) is 0 Å². The molecule has 0 bridgehead atoms. The Morgan fingerprint density at radius 1 is 1.48 bits per heavy atom. The lowest BCUT2D eigenvalue weighted by atomic mass is 9.95. The summed E-state index contributed by atoms with van der Waals surface area (Å²) >= 11 is 5.85. The molecule has 2 N–H and O–H groups in total. The molecule has 2 rings (SSSR count). The van der Waals surface area contributed by atoms with Crippen LogP contribution in [0.1, 0.15) is 18.5 Å². The summed E-state index contributed by atoms with van der Waals surface area (Å²) in [7, 11) is 2.75. The van der Waals surface area contributed by atoms with Crippen molar-refractivity contribution in [3.63, 3.8) is 0 Å². The first-order valence-corrected chi connectivity index (χ1v) is 6.87. The van der Waals surface area contributed by atoms with Crippen molar-refractivity contribution in [1.82, 2.24) is 20.2 Å². The first kappa shape index (κ1) is 17.3. The number of carbonyl (C=O) groups is 2. The lowest BCUT2D eigenvalue weighted by Gasteiger charge is -2.27. The van der Waals surface area contributed by atoms with Gasteiger partial charge < -0.3 is 15.3 Å². The van der Waals surface area contributed by atoms with Crippen LogP contribution in [0.2, 0.25) is 5.15 Å². The van der Waals surface area contributed by atoms with Gasteiger partial charge in [-0.15, -0.1) is 0 Å². The van der Waals surface area contributed by atoms with E-state index in [4.69, 9.17) is 16.7 Å². The Kier molecular flexibility index (Phi) is 7.04. The van der Waals surface area contributed by atoms with E-state index in [0.717, 1.165) is 7.11 Å². The Hall–Kier alpha value is -1.73. The fourth-order valence-electron chi connectivity index (χ4n) is 1.95. The van der Waals surface area contributed by atoms with Crippen LogP contribution in [0.15, 0.2) is 12.4 Å². The van der Waals surface area contributed by atoms with E-state index in [1.165, 1.54) is 12.4 Å². The Balaban J connectivity index is 0.00000106. The van der Waals surface area contributed by atoms with E-state index in [-0.39, 0.29) is 35.9 Å². The van der Waals surface area contributed by atoms with E-state index >= 15 is 0 Å². The van der Waals surface area contributed by atoms with Gasteiger partial charge in [0.25, 0.3) is 0 Å². The predicted molar refractivity (Wildman–Crippen MR) is 77.4 cm³/mol. The molecule has 0 aromatic carbocycles. The molecule has 2 amide bonds. The number of likely N-dealkylation sites (tertiary alicyclic amines) is 1. The molecule has 1 aromatic rings. The molecule has 0 spiro atoms. The molecule has 116 valence electrons. The highest BCUT2D eigenvalue weighted by atomic mass is 35.5. The summed E-state index contributed by atoms with van der Waals surface area (Å²) in [5.74, 6) is -0.397. The fourth-order valence-corrected chi connectivity index (χ4v) is 2.12. The summed E-state index contributed by atoms with van der Waals surface area (Å²) in [5.41, 5.74) is 0.525. The number of halogens is 1. The van der Waals surface area contributed by atoms with E-state index in [9.17, 15) is 9.59 Å². The van der Waals surface area contributed by atoms with Gasteiger partial charge in [-0.3, -0.25) is 14.6 Å². The van der Waals surface area contributed by atoms with Gasteiger partial charge >= 0.3 is 0 Å². The molecule has 7 nitrogen and oxygen atoms in total. The van der Waals surface area contributed by atoms with Crippen LogP contribution in [-0.4, -0.2) is 52.5 Å². The van der Waals surface area contributed by atoms with Crippen LogP contribution in [0.5, 0.6) is 0 Å². The highest BCUT2D eigenvalue weighted by Crippen LogP contribution is 2.17. The maximum Gasteiger partial charge on any atom is 0.224 e. The molecule has 1 aromatic heterocycles. The third-order valence-corrected chi connectivity index (χ3v) is 3.50.